The lowest BCUT2D eigenvalue weighted by Crippen LogP contribution is -2.41. The molecule has 1 saturated heterocycles. The number of imidazole rings is 1. The fraction of sp³-hybridized carbons (Fsp3) is 0.636. The molecule has 2 aromatic rings. The van der Waals surface area contributed by atoms with Crippen LogP contribution in [0.5, 0.6) is 0 Å². The average Bonchev–Trinajstić information content (AvgIpc) is 3.36. The molecule has 11 nitrogen and oxygen atoms in total. The number of esters is 3. The quantitative estimate of drug-likeness (QED) is 0.282. The van der Waals surface area contributed by atoms with Gasteiger partial charge in [0.25, 0.3) is 0 Å². The maximum atomic E-state index is 12.5. The molecule has 3 rings (SSSR count). The molecule has 0 aromatic carbocycles. The third-order valence-electron chi connectivity index (χ3n) is 5.25. The summed E-state index contributed by atoms with van der Waals surface area (Å²) in [4.78, 5) is 48.2. The van der Waals surface area contributed by atoms with Crippen molar-refractivity contribution in [3.05, 3.63) is 17.3 Å². The summed E-state index contributed by atoms with van der Waals surface area (Å²) in [6.45, 7) is 5.41. The van der Waals surface area contributed by atoms with E-state index < -0.39 is 42.4 Å². The van der Waals surface area contributed by atoms with Gasteiger partial charge in [-0.05, 0) is 19.3 Å². The third kappa shape index (κ3) is 5.98. The van der Waals surface area contributed by atoms with Crippen molar-refractivity contribution in [2.45, 2.75) is 83.8 Å². The maximum Gasteiger partial charge on any atom is 0.306 e. The fourth-order valence-electron chi connectivity index (χ4n) is 3.68. The van der Waals surface area contributed by atoms with Crippen molar-refractivity contribution >= 4 is 41.3 Å². The van der Waals surface area contributed by atoms with Gasteiger partial charge in [-0.3, -0.25) is 19.0 Å². The summed E-state index contributed by atoms with van der Waals surface area (Å²) in [5.74, 6) is -1.31. The van der Waals surface area contributed by atoms with E-state index in [1.807, 2.05) is 20.8 Å². The minimum atomic E-state index is -0.998. The molecule has 34 heavy (non-hydrogen) atoms. The third-order valence-corrected chi connectivity index (χ3v) is 5.54. The van der Waals surface area contributed by atoms with Crippen molar-refractivity contribution in [1.82, 2.24) is 19.5 Å². The van der Waals surface area contributed by atoms with Crippen molar-refractivity contribution in [1.29, 1.82) is 0 Å². The molecular formula is C22H30N4O7S. The van der Waals surface area contributed by atoms with Gasteiger partial charge in [0.2, 0.25) is 0 Å². The van der Waals surface area contributed by atoms with E-state index in [0.717, 1.165) is 0 Å². The maximum absolute atomic E-state index is 12.5. The van der Waals surface area contributed by atoms with Crippen LogP contribution in [0.3, 0.4) is 0 Å². The Morgan fingerprint density at radius 1 is 1.00 bits per heavy atom. The van der Waals surface area contributed by atoms with Crippen molar-refractivity contribution in [2.24, 2.45) is 0 Å². The number of nitrogens with one attached hydrogen (secondary N) is 1. The molecule has 0 unspecified atom stereocenters. The Bertz CT molecular complexity index is 1070. The standard InChI is InChI=1S/C22H30N4O7S/c1-4-7-14(27)30-10-13-18(32-15(28)8-5-2)19(33-16(29)9-6-3)22(31-13)26-12-25-17-20(26)23-11-24-21(17)34/h11-13,18-19,22H,4-10H2,1-3H3,(H,23,24,34)/t13-,18-,19+,22-/m1/s1. The molecule has 0 bridgehead atoms. The van der Waals surface area contributed by atoms with Crippen molar-refractivity contribution in [2.75, 3.05) is 6.61 Å². The van der Waals surface area contributed by atoms with Crippen molar-refractivity contribution < 1.29 is 33.3 Å². The lowest BCUT2D eigenvalue weighted by Gasteiger charge is -2.24. The molecule has 0 amide bonds. The van der Waals surface area contributed by atoms with Gasteiger partial charge in [-0.2, -0.15) is 0 Å². The van der Waals surface area contributed by atoms with Crippen LogP contribution in [0.2, 0.25) is 0 Å². The van der Waals surface area contributed by atoms with E-state index in [2.05, 4.69) is 15.0 Å². The molecule has 0 aliphatic carbocycles. The monoisotopic (exact) mass is 494 g/mol. The van der Waals surface area contributed by atoms with Gasteiger partial charge >= 0.3 is 17.9 Å². The van der Waals surface area contributed by atoms with Gasteiger partial charge in [0, 0.05) is 19.3 Å². The number of ether oxygens (including phenoxy) is 4. The summed E-state index contributed by atoms with van der Waals surface area (Å²) in [7, 11) is 0. The first-order valence-corrected chi connectivity index (χ1v) is 11.9. The van der Waals surface area contributed by atoms with Gasteiger partial charge < -0.3 is 23.9 Å². The summed E-state index contributed by atoms with van der Waals surface area (Å²) in [5, 5.41) is 0. The summed E-state index contributed by atoms with van der Waals surface area (Å²) in [6.07, 6.45) is 1.60. The van der Waals surface area contributed by atoms with Crippen LogP contribution in [0.15, 0.2) is 12.7 Å². The first-order chi connectivity index (χ1) is 16.4. The molecule has 1 aliphatic heterocycles. The molecule has 1 aliphatic rings. The van der Waals surface area contributed by atoms with Gasteiger partial charge in [0.15, 0.2) is 23.1 Å². The number of hydrogen-bond acceptors (Lipinski definition) is 10. The van der Waals surface area contributed by atoms with E-state index in [9.17, 15) is 14.4 Å². The Kier molecular flexibility index (Phi) is 9.11. The van der Waals surface area contributed by atoms with Crippen molar-refractivity contribution in [3.63, 3.8) is 0 Å². The van der Waals surface area contributed by atoms with Crippen LogP contribution < -0.4 is 0 Å². The molecule has 0 radical (unpaired) electrons. The van der Waals surface area contributed by atoms with Gasteiger partial charge in [0.05, 0.1) is 12.7 Å². The summed E-state index contributed by atoms with van der Waals surface area (Å²) < 4.78 is 24.9. The molecule has 186 valence electrons. The number of aromatic nitrogens is 4. The normalized spacial score (nSPS) is 22.0. The van der Waals surface area contributed by atoms with Crippen LogP contribution in [-0.2, 0) is 33.3 Å². The van der Waals surface area contributed by atoms with Crippen LogP contribution in [0.25, 0.3) is 11.2 Å². The Balaban J connectivity index is 1.97. The first kappa shape index (κ1) is 25.8. The number of rotatable bonds is 11. The number of H-pyrrole nitrogens is 1. The van der Waals surface area contributed by atoms with Gasteiger partial charge in [-0.15, -0.1) is 0 Å². The minimum Gasteiger partial charge on any atom is -0.463 e. The molecule has 12 heteroatoms. The molecule has 1 fully saturated rings. The summed E-state index contributed by atoms with van der Waals surface area (Å²) in [5.41, 5.74) is 0.945. The smallest absolute Gasteiger partial charge is 0.306 e. The number of carbonyl (C=O) groups excluding carboxylic acids is 3. The van der Waals surface area contributed by atoms with Crippen LogP contribution in [-0.4, -0.2) is 62.3 Å². The number of carbonyl (C=O) groups is 3. The highest BCUT2D eigenvalue weighted by Gasteiger charge is 2.51. The van der Waals surface area contributed by atoms with E-state index >= 15 is 0 Å². The van der Waals surface area contributed by atoms with E-state index in [-0.39, 0.29) is 25.9 Å². The van der Waals surface area contributed by atoms with Gasteiger partial charge in [-0.25, -0.2) is 9.97 Å². The van der Waals surface area contributed by atoms with Crippen LogP contribution in [0, 0.1) is 4.64 Å². The molecule has 3 heterocycles. The number of nitrogens with zero attached hydrogens (tertiary/aromatic N) is 3. The lowest BCUT2D eigenvalue weighted by molar-refractivity contribution is -0.169. The van der Waals surface area contributed by atoms with Gasteiger partial charge in [-0.1, -0.05) is 33.0 Å². The van der Waals surface area contributed by atoms with Crippen LogP contribution in [0.4, 0.5) is 0 Å². The Labute approximate surface area is 202 Å². The molecule has 4 atom stereocenters. The predicted octanol–water partition coefficient (Wildman–Crippen LogP) is 3.15. The van der Waals surface area contributed by atoms with E-state index in [1.54, 1.807) is 4.57 Å². The zero-order valence-electron chi connectivity index (χ0n) is 19.5. The summed E-state index contributed by atoms with van der Waals surface area (Å²) in [6, 6.07) is 0. The largest absolute Gasteiger partial charge is 0.463 e. The molecule has 2 aromatic heterocycles. The Morgan fingerprint density at radius 2 is 1.62 bits per heavy atom. The van der Waals surface area contributed by atoms with E-state index in [4.69, 9.17) is 31.2 Å². The second kappa shape index (κ2) is 12.0. The second-order valence-corrected chi connectivity index (χ2v) is 8.35. The van der Waals surface area contributed by atoms with E-state index in [0.29, 0.717) is 35.1 Å². The highest BCUT2D eigenvalue weighted by molar-refractivity contribution is 7.71. The van der Waals surface area contributed by atoms with E-state index in [1.165, 1.54) is 12.7 Å². The zero-order valence-corrected chi connectivity index (χ0v) is 20.3. The number of fused-ring (bicyclic) bond motifs is 1. The summed E-state index contributed by atoms with van der Waals surface area (Å²) >= 11 is 5.24. The lowest BCUT2D eigenvalue weighted by atomic mass is 10.1. The molecule has 0 saturated carbocycles. The predicted molar refractivity (Wildman–Crippen MR) is 122 cm³/mol. The fourth-order valence-corrected chi connectivity index (χ4v) is 3.88. The first-order valence-electron chi connectivity index (χ1n) is 11.5. The van der Waals surface area contributed by atoms with Gasteiger partial charge in [0.1, 0.15) is 23.9 Å². The minimum absolute atomic E-state index is 0.161. The van der Waals surface area contributed by atoms with Crippen LogP contribution in [0.1, 0.15) is 65.5 Å². The number of aromatic amines is 1. The zero-order chi connectivity index (χ0) is 24.7. The molecule has 1 N–H and O–H groups in total. The number of hydrogen-bond donors (Lipinski definition) is 1. The average molecular weight is 495 g/mol. The Hall–Kier alpha value is -2.86. The topological polar surface area (TPSA) is 135 Å². The second-order valence-electron chi connectivity index (χ2n) is 7.96. The highest BCUT2D eigenvalue weighted by atomic mass is 32.1. The van der Waals surface area contributed by atoms with Crippen LogP contribution >= 0.6 is 12.2 Å². The highest BCUT2D eigenvalue weighted by Crippen LogP contribution is 2.36. The van der Waals surface area contributed by atoms with Crippen molar-refractivity contribution in [3.8, 4) is 0 Å². The Morgan fingerprint density at radius 3 is 2.26 bits per heavy atom. The SMILES string of the molecule is CCCC(=O)OC[C@H]1O[C@@H](n2cnc3c(=S)nc[nH]c32)[C@@H](OC(=O)CCC)[C@@H]1OC(=O)CCC. The molecular weight excluding hydrogens is 464 g/mol. The molecule has 0 spiro atoms.